The van der Waals surface area contributed by atoms with Crippen molar-refractivity contribution < 1.29 is 5.11 Å². The average Bonchev–Trinajstić information content (AvgIpc) is 1.93. The summed E-state index contributed by atoms with van der Waals surface area (Å²) in [5.74, 6) is 0.969. The Morgan fingerprint density at radius 1 is 1.55 bits per heavy atom. The van der Waals surface area contributed by atoms with E-state index in [2.05, 4.69) is 12.2 Å². The monoisotopic (exact) mass is 157 g/mol. The predicted molar refractivity (Wildman–Crippen MR) is 46.5 cm³/mol. The van der Waals surface area contributed by atoms with Crippen molar-refractivity contribution in [3.63, 3.8) is 0 Å². The van der Waals surface area contributed by atoms with E-state index in [1.165, 1.54) is 25.7 Å². The van der Waals surface area contributed by atoms with Crippen LogP contribution in [0.25, 0.3) is 0 Å². The Bertz CT molecular complexity index is 102. The average molecular weight is 157 g/mol. The minimum absolute atomic E-state index is 0.259. The molecule has 2 heteroatoms. The fourth-order valence-electron chi connectivity index (χ4n) is 1.62. The van der Waals surface area contributed by atoms with E-state index in [1.54, 1.807) is 0 Å². The molecule has 1 aliphatic carbocycles. The Balaban J connectivity index is 1.95. The van der Waals surface area contributed by atoms with E-state index in [-0.39, 0.29) is 6.61 Å². The molecule has 1 aliphatic rings. The summed E-state index contributed by atoms with van der Waals surface area (Å²) < 4.78 is 0. The third kappa shape index (κ3) is 3.21. The number of hydrogen-bond donors (Lipinski definition) is 2. The van der Waals surface area contributed by atoms with Gasteiger partial charge in [-0.15, -0.1) is 0 Å². The zero-order valence-electron chi connectivity index (χ0n) is 7.34. The first-order chi connectivity index (χ1) is 5.33. The van der Waals surface area contributed by atoms with Crippen LogP contribution in [0.2, 0.25) is 0 Å². The van der Waals surface area contributed by atoms with Gasteiger partial charge in [-0.3, -0.25) is 0 Å². The highest BCUT2D eigenvalue weighted by atomic mass is 16.3. The smallest absolute Gasteiger partial charge is 0.0556 e. The van der Waals surface area contributed by atoms with E-state index in [9.17, 15) is 0 Å². The lowest BCUT2D eigenvalue weighted by Gasteiger charge is -2.28. The van der Waals surface area contributed by atoms with Gasteiger partial charge in [-0.05, 0) is 19.3 Å². The molecule has 1 fully saturated rings. The van der Waals surface area contributed by atoms with E-state index in [1.807, 2.05) is 0 Å². The highest BCUT2D eigenvalue weighted by molar-refractivity contribution is 4.74. The topological polar surface area (TPSA) is 32.3 Å². The summed E-state index contributed by atoms with van der Waals surface area (Å²) in [5, 5.41) is 11.8. The zero-order chi connectivity index (χ0) is 8.10. The van der Waals surface area contributed by atoms with Gasteiger partial charge in [0.1, 0.15) is 0 Å². The molecule has 0 amide bonds. The van der Waals surface area contributed by atoms with Gasteiger partial charge >= 0.3 is 0 Å². The Morgan fingerprint density at radius 3 is 2.73 bits per heavy atom. The van der Waals surface area contributed by atoms with Gasteiger partial charge in [0.25, 0.3) is 0 Å². The SMILES string of the molecule is CC(CC1CCC1)NCCO. The highest BCUT2D eigenvalue weighted by Gasteiger charge is 2.19. The van der Waals surface area contributed by atoms with E-state index in [0.717, 1.165) is 12.5 Å². The number of nitrogens with one attached hydrogen (secondary N) is 1. The van der Waals surface area contributed by atoms with Gasteiger partial charge in [-0.1, -0.05) is 19.3 Å². The minimum Gasteiger partial charge on any atom is -0.395 e. The molecule has 0 aliphatic heterocycles. The maximum Gasteiger partial charge on any atom is 0.0556 e. The molecule has 1 unspecified atom stereocenters. The highest BCUT2D eigenvalue weighted by Crippen LogP contribution is 2.30. The third-order valence-electron chi connectivity index (χ3n) is 2.52. The molecule has 0 aromatic rings. The molecule has 1 atom stereocenters. The van der Waals surface area contributed by atoms with Crippen molar-refractivity contribution in [3.8, 4) is 0 Å². The Morgan fingerprint density at radius 2 is 2.27 bits per heavy atom. The molecule has 1 rings (SSSR count). The van der Waals surface area contributed by atoms with Crippen LogP contribution in [-0.4, -0.2) is 24.3 Å². The fraction of sp³-hybridized carbons (Fsp3) is 1.00. The molecule has 0 heterocycles. The number of rotatable bonds is 5. The number of aliphatic hydroxyl groups is 1. The van der Waals surface area contributed by atoms with Crippen LogP contribution in [0.4, 0.5) is 0 Å². The summed E-state index contributed by atoms with van der Waals surface area (Å²) in [6.07, 6.45) is 5.56. The standard InChI is InChI=1S/C9H19NO/c1-8(10-5-6-11)7-9-3-2-4-9/h8-11H,2-7H2,1H3. The second-order valence-corrected chi connectivity index (χ2v) is 3.61. The van der Waals surface area contributed by atoms with Crippen molar-refractivity contribution in [2.24, 2.45) is 5.92 Å². The van der Waals surface area contributed by atoms with Gasteiger partial charge in [0, 0.05) is 12.6 Å². The van der Waals surface area contributed by atoms with E-state index in [4.69, 9.17) is 5.11 Å². The molecule has 0 spiro atoms. The van der Waals surface area contributed by atoms with Gasteiger partial charge in [-0.25, -0.2) is 0 Å². The first-order valence-electron chi connectivity index (χ1n) is 4.67. The van der Waals surface area contributed by atoms with Gasteiger partial charge in [0.05, 0.1) is 6.61 Å². The summed E-state index contributed by atoms with van der Waals surface area (Å²) in [5.41, 5.74) is 0. The fourth-order valence-corrected chi connectivity index (χ4v) is 1.62. The molecular weight excluding hydrogens is 138 g/mol. The molecule has 0 bridgehead atoms. The molecule has 1 saturated carbocycles. The van der Waals surface area contributed by atoms with Crippen molar-refractivity contribution in [2.75, 3.05) is 13.2 Å². The molecule has 0 radical (unpaired) electrons. The Labute approximate surface area is 69.0 Å². The Kier molecular flexibility index (Phi) is 3.87. The summed E-state index contributed by atoms with van der Waals surface area (Å²) >= 11 is 0. The van der Waals surface area contributed by atoms with E-state index < -0.39 is 0 Å². The molecule has 66 valence electrons. The van der Waals surface area contributed by atoms with Crippen molar-refractivity contribution in [2.45, 2.75) is 38.6 Å². The lowest BCUT2D eigenvalue weighted by Crippen LogP contribution is -2.32. The van der Waals surface area contributed by atoms with E-state index in [0.29, 0.717) is 6.04 Å². The van der Waals surface area contributed by atoms with Gasteiger partial charge in [-0.2, -0.15) is 0 Å². The zero-order valence-corrected chi connectivity index (χ0v) is 7.34. The predicted octanol–water partition coefficient (Wildman–Crippen LogP) is 1.15. The first kappa shape index (κ1) is 9.01. The first-order valence-corrected chi connectivity index (χ1v) is 4.67. The van der Waals surface area contributed by atoms with Crippen LogP contribution in [0.1, 0.15) is 32.6 Å². The van der Waals surface area contributed by atoms with Gasteiger partial charge in [0.2, 0.25) is 0 Å². The van der Waals surface area contributed by atoms with Gasteiger partial charge < -0.3 is 10.4 Å². The quantitative estimate of drug-likeness (QED) is 0.627. The number of aliphatic hydroxyl groups excluding tert-OH is 1. The van der Waals surface area contributed by atoms with Crippen LogP contribution in [0.15, 0.2) is 0 Å². The normalized spacial score (nSPS) is 21.3. The van der Waals surface area contributed by atoms with Crippen molar-refractivity contribution in [3.05, 3.63) is 0 Å². The summed E-state index contributed by atoms with van der Waals surface area (Å²) in [4.78, 5) is 0. The van der Waals surface area contributed by atoms with Gasteiger partial charge in [0.15, 0.2) is 0 Å². The molecule has 0 saturated heterocycles. The Hall–Kier alpha value is -0.0800. The maximum absolute atomic E-state index is 8.56. The largest absolute Gasteiger partial charge is 0.395 e. The molecule has 0 aromatic carbocycles. The van der Waals surface area contributed by atoms with Crippen LogP contribution in [0.3, 0.4) is 0 Å². The lowest BCUT2D eigenvalue weighted by molar-refractivity contribution is 0.247. The second kappa shape index (κ2) is 4.73. The minimum atomic E-state index is 0.259. The van der Waals surface area contributed by atoms with Crippen LogP contribution >= 0.6 is 0 Å². The second-order valence-electron chi connectivity index (χ2n) is 3.61. The van der Waals surface area contributed by atoms with Crippen molar-refractivity contribution in [1.82, 2.24) is 5.32 Å². The van der Waals surface area contributed by atoms with Crippen LogP contribution < -0.4 is 5.32 Å². The summed E-state index contributed by atoms with van der Waals surface area (Å²) in [7, 11) is 0. The van der Waals surface area contributed by atoms with Crippen LogP contribution in [0, 0.1) is 5.92 Å². The summed E-state index contributed by atoms with van der Waals surface area (Å²) in [6, 6.07) is 0.590. The molecule has 2 N–H and O–H groups in total. The molecule has 0 aromatic heterocycles. The number of hydrogen-bond acceptors (Lipinski definition) is 2. The molecular formula is C9H19NO. The lowest BCUT2D eigenvalue weighted by atomic mass is 9.81. The third-order valence-corrected chi connectivity index (χ3v) is 2.52. The van der Waals surface area contributed by atoms with Crippen molar-refractivity contribution in [1.29, 1.82) is 0 Å². The molecule has 11 heavy (non-hydrogen) atoms. The summed E-state index contributed by atoms with van der Waals surface area (Å²) in [6.45, 7) is 3.21. The van der Waals surface area contributed by atoms with Crippen LogP contribution in [-0.2, 0) is 0 Å². The van der Waals surface area contributed by atoms with Crippen LogP contribution in [0.5, 0.6) is 0 Å². The maximum atomic E-state index is 8.56. The van der Waals surface area contributed by atoms with E-state index >= 15 is 0 Å². The molecule has 2 nitrogen and oxygen atoms in total. The van der Waals surface area contributed by atoms with Crippen molar-refractivity contribution >= 4 is 0 Å².